The fourth-order valence-corrected chi connectivity index (χ4v) is 1.84. The molecule has 0 fully saturated rings. The Bertz CT molecular complexity index is 494. The predicted molar refractivity (Wildman–Crippen MR) is 78.0 cm³/mol. The van der Waals surface area contributed by atoms with Crippen molar-refractivity contribution < 1.29 is 19.2 Å². The zero-order valence-corrected chi connectivity index (χ0v) is 11.7. The molecule has 0 aromatic heterocycles. The van der Waals surface area contributed by atoms with Gasteiger partial charge >= 0.3 is 7.82 Å². The predicted octanol–water partition coefficient (Wildman–Crippen LogP) is 1.85. The van der Waals surface area contributed by atoms with Crippen molar-refractivity contribution >= 4 is 7.82 Å². The summed E-state index contributed by atoms with van der Waals surface area (Å²) in [6, 6.07) is 20.8. The Morgan fingerprint density at radius 2 is 1.15 bits per heavy atom. The summed E-state index contributed by atoms with van der Waals surface area (Å²) in [7, 11) is -4.64. The molecule has 5 nitrogen and oxygen atoms in total. The lowest BCUT2D eigenvalue weighted by Crippen LogP contribution is -2.13. The van der Waals surface area contributed by atoms with E-state index in [1.165, 1.54) is 11.1 Å². The van der Waals surface area contributed by atoms with Crippen LogP contribution in [0.5, 0.6) is 0 Å². The van der Waals surface area contributed by atoms with E-state index in [1.807, 2.05) is 12.1 Å². The monoisotopic (exact) mass is 295 g/mol. The van der Waals surface area contributed by atoms with Gasteiger partial charge in [0.2, 0.25) is 0 Å². The molecule has 0 amide bonds. The van der Waals surface area contributed by atoms with Gasteiger partial charge < -0.3 is 20.4 Å². The third kappa shape index (κ3) is 6.61. The Hall–Kier alpha value is -1.49. The van der Waals surface area contributed by atoms with E-state index >= 15 is 0 Å². The lowest BCUT2D eigenvalue weighted by Gasteiger charge is -2.15. The molecular weight excluding hydrogens is 277 g/mol. The number of phosphoric acid groups is 1. The Balaban J connectivity index is 0.000000347. The maximum Gasteiger partial charge on any atom is 0.466 e. The smallest absolute Gasteiger partial charge is 0.330 e. The first-order valence-electron chi connectivity index (χ1n) is 6.00. The molecule has 2 rings (SSSR count). The van der Waals surface area contributed by atoms with Crippen LogP contribution in [0.15, 0.2) is 60.7 Å². The zero-order valence-electron chi connectivity index (χ0n) is 10.8. The van der Waals surface area contributed by atoms with Crippen LogP contribution in [0.2, 0.25) is 0 Å². The SMILES string of the molecule is NCC(c1ccccc1)c1ccccc1.O=P(O)(O)O. The minimum atomic E-state index is -4.64. The second-order valence-corrected chi connectivity index (χ2v) is 5.15. The van der Waals surface area contributed by atoms with E-state index < -0.39 is 7.82 Å². The number of rotatable bonds is 3. The fraction of sp³-hybridized carbons (Fsp3) is 0.143. The van der Waals surface area contributed by atoms with Crippen molar-refractivity contribution in [3.63, 3.8) is 0 Å². The van der Waals surface area contributed by atoms with Crippen LogP contribution in [0.4, 0.5) is 0 Å². The molecule has 0 aliphatic heterocycles. The van der Waals surface area contributed by atoms with Gasteiger partial charge in [-0.25, -0.2) is 4.57 Å². The van der Waals surface area contributed by atoms with Crippen molar-refractivity contribution in [2.45, 2.75) is 5.92 Å². The molecule has 5 N–H and O–H groups in total. The highest BCUT2D eigenvalue weighted by Crippen LogP contribution is 2.25. The first-order chi connectivity index (χ1) is 9.42. The van der Waals surface area contributed by atoms with E-state index in [9.17, 15) is 0 Å². The largest absolute Gasteiger partial charge is 0.466 e. The molecule has 0 bridgehead atoms. The van der Waals surface area contributed by atoms with E-state index in [4.69, 9.17) is 25.0 Å². The van der Waals surface area contributed by atoms with Crippen molar-refractivity contribution in [3.8, 4) is 0 Å². The van der Waals surface area contributed by atoms with Crippen LogP contribution in [-0.2, 0) is 4.57 Å². The molecule has 0 saturated carbocycles. The molecule has 108 valence electrons. The number of hydrogen-bond donors (Lipinski definition) is 4. The van der Waals surface area contributed by atoms with Gasteiger partial charge in [-0.2, -0.15) is 0 Å². The van der Waals surface area contributed by atoms with Gasteiger partial charge in [0.15, 0.2) is 0 Å². The summed E-state index contributed by atoms with van der Waals surface area (Å²) < 4.78 is 8.88. The summed E-state index contributed by atoms with van der Waals surface area (Å²) in [6.45, 7) is 0.647. The molecule has 0 saturated heterocycles. The highest BCUT2D eigenvalue weighted by molar-refractivity contribution is 7.45. The molecule has 0 aliphatic carbocycles. The number of hydrogen-bond acceptors (Lipinski definition) is 2. The van der Waals surface area contributed by atoms with E-state index in [0.717, 1.165) is 0 Å². The summed E-state index contributed by atoms with van der Waals surface area (Å²) >= 11 is 0. The molecule has 0 unspecified atom stereocenters. The second kappa shape index (κ2) is 7.94. The van der Waals surface area contributed by atoms with Gasteiger partial charge in [-0.1, -0.05) is 60.7 Å². The minimum Gasteiger partial charge on any atom is -0.330 e. The van der Waals surface area contributed by atoms with Crippen molar-refractivity contribution in [1.82, 2.24) is 0 Å². The Morgan fingerprint density at radius 1 is 0.850 bits per heavy atom. The maximum absolute atomic E-state index is 8.88. The van der Waals surface area contributed by atoms with Crippen LogP contribution in [-0.4, -0.2) is 21.2 Å². The Kier molecular flexibility index (Phi) is 6.58. The maximum atomic E-state index is 8.88. The highest BCUT2D eigenvalue weighted by atomic mass is 31.2. The van der Waals surface area contributed by atoms with Gasteiger partial charge in [-0.3, -0.25) is 0 Å². The van der Waals surface area contributed by atoms with Gasteiger partial charge in [-0.05, 0) is 11.1 Å². The van der Waals surface area contributed by atoms with Crippen LogP contribution >= 0.6 is 7.82 Å². The second-order valence-electron chi connectivity index (χ2n) is 4.12. The molecule has 2 aromatic rings. The van der Waals surface area contributed by atoms with Gasteiger partial charge in [0.25, 0.3) is 0 Å². The molecular formula is C14H18NO4P. The third-order valence-electron chi connectivity index (χ3n) is 2.64. The molecule has 0 heterocycles. The summed E-state index contributed by atoms with van der Waals surface area (Å²) in [5, 5.41) is 0. The molecule has 0 atom stereocenters. The van der Waals surface area contributed by atoms with Crippen LogP contribution in [0.1, 0.15) is 17.0 Å². The molecule has 0 radical (unpaired) electrons. The Labute approximate surface area is 117 Å². The van der Waals surface area contributed by atoms with Gasteiger partial charge in [0.05, 0.1) is 0 Å². The van der Waals surface area contributed by atoms with Crippen LogP contribution in [0, 0.1) is 0 Å². The van der Waals surface area contributed by atoms with Crippen LogP contribution in [0.25, 0.3) is 0 Å². The standard InChI is InChI=1S/C14H15N.H3O4P/c15-11-14(12-7-3-1-4-8-12)13-9-5-2-6-10-13;1-5(2,3)4/h1-10,14H,11,15H2;(H3,1,2,3,4). The molecule has 6 heteroatoms. The van der Waals surface area contributed by atoms with Crippen molar-refractivity contribution in [3.05, 3.63) is 71.8 Å². The summed E-state index contributed by atoms with van der Waals surface area (Å²) in [4.78, 5) is 21.6. The van der Waals surface area contributed by atoms with E-state index in [2.05, 4.69) is 48.5 Å². The van der Waals surface area contributed by atoms with Gasteiger partial charge in [0, 0.05) is 12.5 Å². The highest BCUT2D eigenvalue weighted by Gasteiger charge is 2.10. The number of benzene rings is 2. The summed E-state index contributed by atoms with van der Waals surface area (Å²) in [5.74, 6) is 0.312. The average Bonchev–Trinajstić information content (AvgIpc) is 2.40. The minimum absolute atomic E-state index is 0.312. The lowest BCUT2D eigenvalue weighted by atomic mass is 9.92. The fourth-order valence-electron chi connectivity index (χ4n) is 1.84. The zero-order chi connectivity index (χ0) is 15.0. The third-order valence-corrected chi connectivity index (χ3v) is 2.64. The van der Waals surface area contributed by atoms with E-state index in [0.29, 0.717) is 12.5 Å². The lowest BCUT2D eigenvalue weighted by molar-refractivity contribution is 0.275. The molecule has 2 aromatic carbocycles. The first kappa shape index (κ1) is 16.6. The van der Waals surface area contributed by atoms with Crippen LogP contribution in [0.3, 0.4) is 0 Å². The Morgan fingerprint density at radius 3 is 1.40 bits per heavy atom. The molecule has 0 aliphatic rings. The summed E-state index contributed by atoms with van der Waals surface area (Å²) in [6.07, 6.45) is 0. The average molecular weight is 295 g/mol. The normalized spacial score (nSPS) is 10.8. The van der Waals surface area contributed by atoms with E-state index in [1.54, 1.807) is 0 Å². The van der Waals surface area contributed by atoms with Gasteiger partial charge in [0.1, 0.15) is 0 Å². The van der Waals surface area contributed by atoms with Gasteiger partial charge in [-0.15, -0.1) is 0 Å². The quantitative estimate of drug-likeness (QED) is 0.647. The first-order valence-corrected chi connectivity index (χ1v) is 7.56. The molecule has 20 heavy (non-hydrogen) atoms. The topological polar surface area (TPSA) is 104 Å². The van der Waals surface area contributed by atoms with Crippen molar-refractivity contribution in [1.29, 1.82) is 0 Å². The number of nitrogens with two attached hydrogens (primary N) is 1. The molecule has 0 spiro atoms. The van der Waals surface area contributed by atoms with Crippen LogP contribution < -0.4 is 5.73 Å². The van der Waals surface area contributed by atoms with E-state index in [-0.39, 0.29) is 0 Å². The van der Waals surface area contributed by atoms with Crippen molar-refractivity contribution in [2.24, 2.45) is 5.73 Å². The summed E-state index contributed by atoms with van der Waals surface area (Å²) in [5.41, 5.74) is 8.40. The van der Waals surface area contributed by atoms with Crippen molar-refractivity contribution in [2.75, 3.05) is 6.54 Å².